The van der Waals surface area contributed by atoms with Gasteiger partial charge in [0.15, 0.2) is 5.65 Å². The molecule has 2 N–H and O–H groups in total. The van der Waals surface area contributed by atoms with E-state index in [4.69, 9.17) is 5.11 Å². The Balaban J connectivity index is 1.48. The van der Waals surface area contributed by atoms with Gasteiger partial charge in [-0.15, -0.1) is 0 Å². The zero-order valence-corrected chi connectivity index (χ0v) is 17.7. The number of carbonyl (C=O) groups excluding carboxylic acids is 1. The Kier molecular flexibility index (Phi) is 5.61. The summed E-state index contributed by atoms with van der Waals surface area (Å²) in [6.45, 7) is 0.118. The zero-order valence-electron chi connectivity index (χ0n) is 17.7. The van der Waals surface area contributed by atoms with Crippen LogP contribution in [-0.2, 0) is 0 Å². The molecule has 7 nitrogen and oxygen atoms in total. The highest BCUT2D eigenvalue weighted by molar-refractivity contribution is 5.95. The summed E-state index contributed by atoms with van der Waals surface area (Å²) in [5, 5.41) is 16.2. The number of aliphatic hydroxyl groups excluding tert-OH is 1. The van der Waals surface area contributed by atoms with Crippen LogP contribution in [0, 0.1) is 0 Å². The predicted molar refractivity (Wildman–Crippen MR) is 127 cm³/mol. The van der Waals surface area contributed by atoms with Crippen molar-refractivity contribution in [1.29, 1.82) is 0 Å². The SMILES string of the molecule is O=C(NCCO)c1cccc(-c2cnn3c(-c4ccnc(-c5ccccc5)c4)cnc3c2)c1. The molecule has 162 valence electrons. The molecule has 33 heavy (non-hydrogen) atoms. The van der Waals surface area contributed by atoms with Crippen molar-refractivity contribution in [3.63, 3.8) is 0 Å². The fourth-order valence-corrected chi connectivity index (χ4v) is 3.70. The Morgan fingerprint density at radius 2 is 1.70 bits per heavy atom. The first-order valence-corrected chi connectivity index (χ1v) is 10.6. The van der Waals surface area contributed by atoms with Gasteiger partial charge in [0.05, 0.1) is 30.4 Å². The number of nitrogens with zero attached hydrogens (tertiary/aromatic N) is 4. The van der Waals surface area contributed by atoms with E-state index in [-0.39, 0.29) is 19.1 Å². The maximum atomic E-state index is 12.2. The average molecular weight is 435 g/mol. The molecule has 0 atom stereocenters. The minimum Gasteiger partial charge on any atom is -0.395 e. The lowest BCUT2D eigenvalue weighted by atomic mass is 10.0. The van der Waals surface area contributed by atoms with Gasteiger partial charge >= 0.3 is 0 Å². The molecule has 0 radical (unpaired) electrons. The lowest BCUT2D eigenvalue weighted by Gasteiger charge is -2.07. The van der Waals surface area contributed by atoms with Gasteiger partial charge in [0.2, 0.25) is 0 Å². The number of hydrogen-bond acceptors (Lipinski definition) is 5. The van der Waals surface area contributed by atoms with Crippen LogP contribution in [0.15, 0.2) is 91.4 Å². The Morgan fingerprint density at radius 1 is 0.848 bits per heavy atom. The van der Waals surface area contributed by atoms with Crippen LogP contribution in [0.3, 0.4) is 0 Å². The molecule has 0 aliphatic heterocycles. The third-order valence-corrected chi connectivity index (χ3v) is 5.34. The number of pyridine rings is 1. The van der Waals surface area contributed by atoms with Crippen molar-refractivity contribution in [3.8, 4) is 33.6 Å². The summed E-state index contributed by atoms with van der Waals surface area (Å²) >= 11 is 0. The largest absolute Gasteiger partial charge is 0.395 e. The average Bonchev–Trinajstić information content (AvgIpc) is 3.31. The minimum atomic E-state index is -0.227. The standard InChI is InChI=1S/C26H21N5O2/c32-12-11-28-26(33)21-8-4-7-19(13-21)22-15-25-29-17-24(31(25)30-16-22)20-9-10-27-23(14-20)18-5-2-1-3-6-18/h1-10,13-17,32H,11-12H2,(H,28,33). The van der Waals surface area contributed by atoms with Crippen molar-refractivity contribution in [3.05, 3.63) is 97.0 Å². The van der Waals surface area contributed by atoms with E-state index in [0.717, 1.165) is 33.6 Å². The molecule has 0 aliphatic rings. The lowest BCUT2D eigenvalue weighted by molar-refractivity contribution is 0.0945. The highest BCUT2D eigenvalue weighted by Crippen LogP contribution is 2.27. The third kappa shape index (κ3) is 4.22. The van der Waals surface area contributed by atoms with Crippen LogP contribution in [0.5, 0.6) is 0 Å². The first-order valence-electron chi connectivity index (χ1n) is 10.6. The molecule has 0 saturated heterocycles. The Labute approximate surface area is 190 Å². The van der Waals surface area contributed by atoms with E-state index in [1.54, 1.807) is 35.2 Å². The predicted octanol–water partition coefficient (Wildman–Crippen LogP) is 3.85. The highest BCUT2D eigenvalue weighted by atomic mass is 16.3. The molecule has 7 heteroatoms. The number of imidazole rings is 1. The van der Waals surface area contributed by atoms with E-state index >= 15 is 0 Å². The number of benzene rings is 2. The monoisotopic (exact) mass is 435 g/mol. The van der Waals surface area contributed by atoms with Crippen molar-refractivity contribution in [2.24, 2.45) is 0 Å². The lowest BCUT2D eigenvalue weighted by Crippen LogP contribution is -2.26. The molecule has 0 bridgehead atoms. The van der Waals surface area contributed by atoms with Gasteiger partial charge in [-0.25, -0.2) is 9.50 Å². The smallest absolute Gasteiger partial charge is 0.251 e. The van der Waals surface area contributed by atoms with Gasteiger partial charge < -0.3 is 10.4 Å². The molecule has 0 aliphatic carbocycles. The number of amides is 1. The molecule has 0 unspecified atom stereocenters. The number of fused-ring (bicyclic) bond motifs is 1. The summed E-state index contributed by atoms with van der Waals surface area (Å²) in [5.74, 6) is -0.227. The fraction of sp³-hybridized carbons (Fsp3) is 0.0769. The van der Waals surface area contributed by atoms with Crippen molar-refractivity contribution >= 4 is 11.6 Å². The van der Waals surface area contributed by atoms with Gasteiger partial charge in [-0.2, -0.15) is 5.10 Å². The number of hydrogen-bond donors (Lipinski definition) is 2. The summed E-state index contributed by atoms with van der Waals surface area (Å²) in [4.78, 5) is 21.3. The van der Waals surface area contributed by atoms with E-state index in [9.17, 15) is 4.79 Å². The maximum absolute atomic E-state index is 12.2. The molecule has 3 aromatic heterocycles. The Bertz CT molecular complexity index is 1430. The van der Waals surface area contributed by atoms with Crippen LogP contribution in [-0.4, -0.2) is 43.7 Å². The second-order valence-electron chi connectivity index (χ2n) is 7.51. The molecule has 5 rings (SSSR count). The summed E-state index contributed by atoms with van der Waals surface area (Å²) in [6, 6.07) is 23.2. The maximum Gasteiger partial charge on any atom is 0.251 e. The number of nitrogens with one attached hydrogen (secondary N) is 1. The van der Waals surface area contributed by atoms with E-state index in [1.165, 1.54) is 0 Å². The second kappa shape index (κ2) is 9.02. The second-order valence-corrected chi connectivity index (χ2v) is 7.51. The number of aliphatic hydroxyl groups is 1. The molecule has 2 aromatic carbocycles. The Hall–Kier alpha value is -4.36. The van der Waals surface area contributed by atoms with Crippen LogP contribution >= 0.6 is 0 Å². The summed E-state index contributed by atoms with van der Waals surface area (Å²) < 4.78 is 1.80. The molecule has 3 heterocycles. The molecule has 0 spiro atoms. The van der Waals surface area contributed by atoms with Gasteiger partial charge in [-0.05, 0) is 35.9 Å². The van der Waals surface area contributed by atoms with Crippen molar-refractivity contribution < 1.29 is 9.90 Å². The minimum absolute atomic E-state index is 0.0987. The summed E-state index contributed by atoms with van der Waals surface area (Å²) in [6.07, 6.45) is 5.36. The van der Waals surface area contributed by atoms with Crippen LogP contribution in [0.2, 0.25) is 0 Å². The zero-order chi connectivity index (χ0) is 22.6. The van der Waals surface area contributed by atoms with Crippen LogP contribution in [0.4, 0.5) is 0 Å². The van der Waals surface area contributed by atoms with E-state index in [0.29, 0.717) is 11.2 Å². The number of carbonyl (C=O) groups is 1. The van der Waals surface area contributed by atoms with Crippen LogP contribution in [0.1, 0.15) is 10.4 Å². The summed E-state index contributed by atoms with van der Waals surface area (Å²) in [7, 11) is 0. The highest BCUT2D eigenvalue weighted by Gasteiger charge is 2.12. The third-order valence-electron chi connectivity index (χ3n) is 5.34. The van der Waals surface area contributed by atoms with Crippen molar-refractivity contribution in [2.45, 2.75) is 0 Å². The topological polar surface area (TPSA) is 92.4 Å². The molecular weight excluding hydrogens is 414 g/mol. The first-order chi connectivity index (χ1) is 16.2. The molecular formula is C26H21N5O2. The van der Waals surface area contributed by atoms with E-state index < -0.39 is 0 Å². The number of aromatic nitrogens is 4. The fourth-order valence-electron chi connectivity index (χ4n) is 3.70. The molecule has 0 saturated carbocycles. The van der Waals surface area contributed by atoms with Gasteiger partial charge in [-0.3, -0.25) is 9.78 Å². The van der Waals surface area contributed by atoms with Gasteiger partial charge in [-0.1, -0.05) is 42.5 Å². The van der Waals surface area contributed by atoms with E-state index in [1.807, 2.05) is 60.7 Å². The van der Waals surface area contributed by atoms with Gasteiger partial charge in [0.25, 0.3) is 5.91 Å². The quantitative estimate of drug-likeness (QED) is 0.423. The van der Waals surface area contributed by atoms with Crippen molar-refractivity contribution in [1.82, 2.24) is 24.9 Å². The van der Waals surface area contributed by atoms with Gasteiger partial charge in [0.1, 0.15) is 0 Å². The Morgan fingerprint density at radius 3 is 2.55 bits per heavy atom. The van der Waals surface area contributed by atoms with Crippen LogP contribution < -0.4 is 5.32 Å². The van der Waals surface area contributed by atoms with E-state index in [2.05, 4.69) is 20.4 Å². The van der Waals surface area contributed by atoms with Gasteiger partial charge in [0, 0.05) is 35.0 Å². The molecule has 5 aromatic rings. The first kappa shape index (κ1) is 20.5. The summed E-state index contributed by atoms with van der Waals surface area (Å²) in [5.41, 5.74) is 6.72. The van der Waals surface area contributed by atoms with Crippen LogP contribution in [0.25, 0.3) is 39.3 Å². The molecule has 1 amide bonds. The normalized spacial score (nSPS) is 10.9. The molecule has 0 fully saturated rings. The van der Waals surface area contributed by atoms with Crippen molar-refractivity contribution in [2.75, 3.05) is 13.2 Å². The number of rotatable bonds is 6.